The average molecular weight is 415 g/mol. The van der Waals surface area contributed by atoms with Gasteiger partial charge in [-0.1, -0.05) is 60.7 Å². The van der Waals surface area contributed by atoms with Crippen LogP contribution in [0.2, 0.25) is 5.02 Å². The number of ether oxygens (including phenoxy) is 2. The van der Waals surface area contributed by atoms with E-state index >= 15 is 0 Å². The highest BCUT2D eigenvalue weighted by Crippen LogP contribution is 2.25. The molecule has 154 valence electrons. The number of hydrogen-bond acceptors (Lipinski definition) is 4. The van der Waals surface area contributed by atoms with Gasteiger partial charge in [-0.05, 0) is 23.3 Å². The summed E-state index contributed by atoms with van der Waals surface area (Å²) < 4.78 is 10.9. The molecule has 0 spiro atoms. The Balaban J connectivity index is 1.63. The maximum absolute atomic E-state index is 13.1. The van der Waals surface area contributed by atoms with Crippen LogP contribution in [0.25, 0.3) is 0 Å². The zero-order valence-electron chi connectivity index (χ0n) is 16.5. The number of benzene rings is 2. The Bertz CT molecular complexity index is 807. The Hall–Kier alpha value is -2.34. The molecule has 6 heteroatoms. The van der Waals surface area contributed by atoms with E-state index < -0.39 is 0 Å². The zero-order chi connectivity index (χ0) is 20.5. The van der Waals surface area contributed by atoms with Crippen LogP contribution in [-0.2, 0) is 16.1 Å². The van der Waals surface area contributed by atoms with Crippen molar-refractivity contribution in [3.05, 3.63) is 77.3 Å². The van der Waals surface area contributed by atoms with E-state index in [1.165, 1.54) is 0 Å². The van der Waals surface area contributed by atoms with Crippen molar-refractivity contribution >= 4 is 17.5 Å². The molecular weight excluding hydrogens is 388 g/mol. The largest absolute Gasteiger partial charge is 0.488 e. The van der Waals surface area contributed by atoms with Crippen molar-refractivity contribution in [3.8, 4) is 5.75 Å². The molecule has 1 heterocycles. The molecule has 2 aromatic carbocycles. The monoisotopic (exact) mass is 414 g/mol. The van der Waals surface area contributed by atoms with Gasteiger partial charge >= 0.3 is 0 Å². The van der Waals surface area contributed by atoms with Gasteiger partial charge in [0.25, 0.3) is 0 Å². The summed E-state index contributed by atoms with van der Waals surface area (Å²) in [7, 11) is 0. The van der Waals surface area contributed by atoms with E-state index in [1.807, 2.05) is 53.4 Å². The number of amides is 1. The third-order valence-electron chi connectivity index (χ3n) is 4.85. The van der Waals surface area contributed by atoms with E-state index in [2.05, 4.69) is 11.9 Å². The number of nitrogens with one attached hydrogen (secondary N) is 1. The van der Waals surface area contributed by atoms with E-state index in [4.69, 9.17) is 21.1 Å². The van der Waals surface area contributed by atoms with Crippen LogP contribution in [0, 0.1) is 0 Å². The van der Waals surface area contributed by atoms with Gasteiger partial charge in [-0.2, -0.15) is 0 Å². The second kappa shape index (κ2) is 11.0. The molecule has 0 radical (unpaired) electrons. The quantitative estimate of drug-likeness (QED) is 0.636. The number of hydrogen-bond donors (Lipinski definition) is 1. The van der Waals surface area contributed by atoms with Crippen molar-refractivity contribution in [1.29, 1.82) is 0 Å². The number of halogens is 1. The number of rotatable bonds is 9. The Morgan fingerprint density at radius 1 is 1.24 bits per heavy atom. The lowest BCUT2D eigenvalue weighted by molar-refractivity contribution is -0.136. The van der Waals surface area contributed by atoms with E-state index in [9.17, 15) is 4.79 Å². The fourth-order valence-electron chi connectivity index (χ4n) is 3.32. The van der Waals surface area contributed by atoms with E-state index in [0.717, 1.165) is 11.1 Å². The highest BCUT2D eigenvalue weighted by atomic mass is 35.5. The molecular formula is C23H27ClN2O3. The van der Waals surface area contributed by atoms with Gasteiger partial charge in [-0.15, -0.1) is 0 Å². The molecule has 1 saturated heterocycles. The predicted octanol–water partition coefficient (Wildman–Crippen LogP) is 3.64. The Morgan fingerprint density at radius 3 is 2.69 bits per heavy atom. The molecule has 1 unspecified atom stereocenters. The molecule has 3 rings (SSSR count). The molecule has 2 aromatic rings. The number of carbonyl (C=O) groups excluding carboxylic acids is 1. The SMILES string of the molecule is C=CCOc1ccc(CNCC(C(=O)N2CCOCC2)c2ccccc2)cc1Cl. The summed E-state index contributed by atoms with van der Waals surface area (Å²) in [5, 5.41) is 3.98. The van der Waals surface area contributed by atoms with E-state index in [-0.39, 0.29) is 11.8 Å². The maximum Gasteiger partial charge on any atom is 0.231 e. The van der Waals surface area contributed by atoms with Crippen LogP contribution < -0.4 is 10.1 Å². The molecule has 1 aliphatic rings. The lowest BCUT2D eigenvalue weighted by Crippen LogP contribution is -2.45. The van der Waals surface area contributed by atoms with Gasteiger partial charge in [0, 0.05) is 26.2 Å². The Kier molecular flexibility index (Phi) is 8.11. The molecule has 0 aromatic heterocycles. The molecule has 1 aliphatic heterocycles. The summed E-state index contributed by atoms with van der Waals surface area (Å²) in [6.07, 6.45) is 1.68. The Labute approximate surface area is 177 Å². The van der Waals surface area contributed by atoms with Crippen molar-refractivity contribution in [1.82, 2.24) is 10.2 Å². The second-order valence-electron chi connectivity index (χ2n) is 6.90. The van der Waals surface area contributed by atoms with Crippen LogP contribution in [0.15, 0.2) is 61.2 Å². The lowest BCUT2D eigenvalue weighted by Gasteiger charge is -2.30. The minimum atomic E-state index is -0.236. The summed E-state index contributed by atoms with van der Waals surface area (Å²) in [4.78, 5) is 15.0. The average Bonchev–Trinajstić information content (AvgIpc) is 2.77. The molecule has 1 amide bonds. The number of carbonyl (C=O) groups is 1. The molecule has 0 aliphatic carbocycles. The fraction of sp³-hybridized carbons (Fsp3) is 0.348. The highest BCUT2D eigenvalue weighted by molar-refractivity contribution is 6.32. The summed E-state index contributed by atoms with van der Waals surface area (Å²) in [5.74, 6) is 0.540. The van der Waals surface area contributed by atoms with Gasteiger partial charge in [-0.3, -0.25) is 4.79 Å². The minimum Gasteiger partial charge on any atom is -0.488 e. The lowest BCUT2D eigenvalue weighted by atomic mass is 9.97. The van der Waals surface area contributed by atoms with Gasteiger partial charge in [0.05, 0.1) is 24.2 Å². The van der Waals surface area contributed by atoms with Gasteiger partial charge in [0.1, 0.15) is 12.4 Å². The van der Waals surface area contributed by atoms with Crippen LogP contribution >= 0.6 is 11.6 Å². The van der Waals surface area contributed by atoms with Crippen LogP contribution in [0.1, 0.15) is 17.0 Å². The minimum absolute atomic E-state index is 0.137. The number of morpholine rings is 1. The molecule has 1 atom stereocenters. The second-order valence-corrected chi connectivity index (χ2v) is 7.30. The summed E-state index contributed by atoms with van der Waals surface area (Å²) >= 11 is 6.29. The first kappa shape index (κ1) is 21.4. The van der Waals surface area contributed by atoms with Crippen molar-refractivity contribution < 1.29 is 14.3 Å². The molecule has 0 saturated carbocycles. The first-order chi connectivity index (χ1) is 14.2. The van der Waals surface area contributed by atoms with Crippen LogP contribution in [-0.4, -0.2) is 50.3 Å². The van der Waals surface area contributed by atoms with Crippen LogP contribution in [0.3, 0.4) is 0 Å². The van der Waals surface area contributed by atoms with Gasteiger partial charge in [0.15, 0.2) is 0 Å². The fourth-order valence-corrected chi connectivity index (χ4v) is 3.58. The topological polar surface area (TPSA) is 50.8 Å². The van der Waals surface area contributed by atoms with E-state index in [0.29, 0.717) is 56.8 Å². The van der Waals surface area contributed by atoms with Gasteiger partial charge < -0.3 is 19.7 Å². The first-order valence-corrected chi connectivity index (χ1v) is 10.2. The van der Waals surface area contributed by atoms with Crippen molar-refractivity contribution in [3.63, 3.8) is 0 Å². The Morgan fingerprint density at radius 2 is 2.00 bits per heavy atom. The van der Waals surface area contributed by atoms with Gasteiger partial charge in [-0.25, -0.2) is 0 Å². The van der Waals surface area contributed by atoms with Crippen molar-refractivity contribution in [2.75, 3.05) is 39.5 Å². The van der Waals surface area contributed by atoms with E-state index in [1.54, 1.807) is 6.08 Å². The number of nitrogens with zero attached hydrogens (tertiary/aromatic N) is 1. The molecule has 1 N–H and O–H groups in total. The molecule has 5 nitrogen and oxygen atoms in total. The molecule has 0 bridgehead atoms. The standard InChI is InChI=1S/C23H27ClN2O3/c1-2-12-29-22-9-8-18(15-21(22)24)16-25-17-20(19-6-4-3-5-7-19)23(27)26-10-13-28-14-11-26/h2-9,15,20,25H,1,10-14,16-17H2. The normalized spacial score (nSPS) is 15.0. The third-order valence-corrected chi connectivity index (χ3v) is 5.15. The maximum atomic E-state index is 13.1. The first-order valence-electron chi connectivity index (χ1n) is 9.83. The molecule has 29 heavy (non-hydrogen) atoms. The third kappa shape index (κ3) is 6.07. The smallest absolute Gasteiger partial charge is 0.231 e. The zero-order valence-corrected chi connectivity index (χ0v) is 17.2. The summed E-state index contributed by atoms with van der Waals surface area (Å²) in [6, 6.07) is 15.6. The van der Waals surface area contributed by atoms with Crippen LogP contribution in [0.5, 0.6) is 5.75 Å². The van der Waals surface area contributed by atoms with Gasteiger partial charge in [0.2, 0.25) is 5.91 Å². The molecule has 1 fully saturated rings. The van der Waals surface area contributed by atoms with Crippen molar-refractivity contribution in [2.45, 2.75) is 12.5 Å². The van der Waals surface area contributed by atoms with Crippen molar-refractivity contribution in [2.24, 2.45) is 0 Å². The summed E-state index contributed by atoms with van der Waals surface area (Å²) in [6.45, 7) is 7.69. The van der Waals surface area contributed by atoms with Crippen LogP contribution in [0.4, 0.5) is 0 Å². The summed E-state index contributed by atoms with van der Waals surface area (Å²) in [5.41, 5.74) is 2.05. The highest BCUT2D eigenvalue weighted by Gasteiger charge is 2.26. The predicted molar refractivity (Wildman–Crippen MR) is 115 cm³/mol.